The van der Waals surface area contributed by atoms with E-state index in [9.17, 15) is 9.59 Å². The fourth-order valence-electron chi connectivity index (χ4n) is 4.10. The summed E-state index contributed by atoms with van der Waals surface area (Å²) in [6.45, 7) is 8.64. The Labute approximate surface area is 203 Å². The van der Waals surface area contributed by atoms with Gasteiger partial charge in [0, 0.05) is 16.4 Å². The molecule has 182 valence electrons. The van der Waals surface area contributed by atoms with Crippen LogP contribution >= 0.6 is 11.6 Å². The number of esters is 2. The molecule has 1 heterocycles. The van der Waals surface area contributed by atoms with Gasteiger partial charge in [0.15, 0.2) is 0 Å². The molecular formula is C27H38ClNO4. The third-order valence-electron chi connectivity index (χ3n) is 5.88. The van der Waals surface area contributed by atoms with Gasteiger partial charge in [0.05, 0.1) is 30.3 Å². The minimum atomic E-state index is -0.647. The molecule has 5 nitrogen and oxygen atoms in total. The van der Waals surface area contributed by atoms with E-state index in [1.165, 1.54) is 0 Å². The number of ether oxygens (including phenoxy) is 2. The molecule has 0 saturated carbocycles. The highest BCUT2D eigenvalue weighted by Crippen LogP contribution is 2.41. The minimum Gasteiger partial charge on any atom is -0.462 e. The standard InChI is InChI=1S/C27H38ClNO4/c1-5-7-9-13-17-32-26(30)23-19(3)29-20(4)24(27(31)33-18-14-10-8-6-2)25(23)21-15-11-12-16-22(21)28/h11-12,15-16,25,29H,5-10,13-14,17-18H2,1-4H3. The fraction of sp³-hybridized carbons (Fsp3) is 0.556. The van der Waals surface area contributed by atoms with Crippen LogP contribution in [-0.2, 0) is 19.1 Å². The SMILES string of the molecule is CCCCCCOC(=O)C1=C(C)NC(C)=C(C(=O)OCCCCCC)C1c1ccccc1Cl. The van der Waals surface area contributed by atoms with E-state index in [-0.39, 0.29) is 0 Å². The zero-order chi connectivity index (χ0) is 24.2. The van der Waals surface area contributed by atoms with Gasteiger partial charge in [0.25, 0.3) is 0 Å². The van der Waals surface area contributed by atoms with Crippen LogP contribution in [0.1, 0.15) is 90.5 Å². The van der Waals surface area contributed by atoms with Gasteiger partial charge in [0.2, 0.25) is 0 Å². The maximum atomic E-state index is 13.2. The minimum absolute atomic E-state index is 0.352. The van der Waals surface area contributed by atoms with E-state index in [0.29, 0.717) is 46.3 Å². The molecule has 6 heteroatoms. The van der Waals surface area contributed by atoms with Crippen molar-refractivity contribution in [3.05, 3.63) is 57.4 Å². The summed E-state index contributed by atoms with van der Waals surface area (Å²) in [7, 11) is 0. The monoisotopic (exact) mass is 475 g/mol. The van der Waals surface area contributed by atoms with Crippen LogP contribution in [-0.4, -0.2) is 25.2 Å². The zero-order valence-corrected chi connectivity index (χ0v) is 21.2. The van der Waals surface area contributed by atoms with E-state index in [0.717, 1.165) is 51.4 Å². The first-order valence-electron chi connectivity index (χ1n) is 12.2. The average molecular weight is 476 g/mol. The molecule has 33 heavy (non-hydrogen) atoms. The summed E-state index contributed by atoms with van der Waals surface area (Å²) in [6, 6.07) is 7.31. The van der Waals surface area contributed by atoms with Crippen molar-refractivity contribution in [2.24, 2.45) is 0 Å². The van der Waals surface area contributed by atoms with Gasteiger partial charge in [0.1, 0.15) is 0 Å². The van der Waals surface area contributed by atoms with E-state index >= 15 is 0 Å². The summed E-state index contributed by atoms with van der Waals surface area (Å²) >= 11 is 6.55. The van der Waals surface area contributed by atoms with Crippen molar-refractivity contribution < 1.29 is 19.1 Å². The van der Waals surface area contributed by atoms with Crippen LogP contribution in [0.5, 0.6) is 0 Å². The Morgan fingerprint density at radius 1 is 0.818 bits per heavy atom. The molecule has 1 aromatic carbocycles. The highest BCUT2D eigenvalue weighted by Gasteiger charge is 2.38. The van der Waals surface area contributed by atoms with Crippen molar-refractivity contribution in [1.82, 2.24) is 5.32 Å². The van der Waals surface area contributed by atoms with Gasteiger partial charge in [-0.3, -0.25) is 0 Å². The Morgan fingerprint density at radius 3 is 1.76 bits per heavy atom. The number of hydrogen-bond donors (Lipinski definition) is 1. The Hall–Kier alpha value is -2.27. The molecule has 0 spiro atoms. The quantitative estimate of drug-likeness (QED) is 0.250. The molecule has 0 saturated heterocycles. The Morgan fingerprint density at radius 2 is 1.30 bits per heavy atom. The smallest absolute Gasteiger partial charge is 0.336 e. The third kappa shape index (κ3) is 7.63. The first-order valence-corrected chi connectivity index (χ1v) is 12.6. The lowest BCUT2D eigenvalue weighted by molar-refractivity contribution is -0.140. The average Bonchev–Trinajstić information content (AvgIpc) is 2.78. The molecule has 1 N–H and O–H groups in total. The van der Waals surface area contributed by atoms with Crippen LogP contribution in [0, 0.1) is 0 Å². The number of unbranched alkanes of at least 4 members (excludes halogenated alkanes) is 6. The van der Waals surface area contributed by atoms with Gasteiger partial charge in [-0.1, -0.05) is 82.2 Å². The number of carbonyl (C=O) groups excluding carboxylic acids is 2. The van der Waals surface area contributed by atoms with Gasteiger partial charge in [-0.2, -0.15) is 0 Å². The number of allylic oxidation sites excluding steroid dienone is 2. The second-order valence-corrected chi connectivity index (χ2v) is 8.96. The predicted molar refractivity (Wildman–Crippen MR) is 133 cm³/mol. The number of hydrogen-bond acceptors (Lipinski definition) is 5. The predicted octanol–water partition coefficient (Wildman–Crippen LogP) is 6.82. The number of dihydropyridines is 1. The summed E-state index contributed by atoms with van der Waals surface area (Å²) in [5.41, 5.74) is 2.82. The van der Waals surface area contributed by atoms with Crippen molar-refractivity contribution in [3.8, 4) is 0 Å². The molecular weight excluding hydrogens is 438 g/mol. The molecule has 1 aromatic rings. The zero-order valence-electron chi connectivity index (χ0n) is 20.5. The molecule has 2 rings (SSSR count). The van der Waals surface area contributed by atoms with Crippen LogP contribution in [0.3, 0.4) is 0 Å². The van der Waals surface area contributed by atoms with E-state index < -0.39 is 17.9 Å². The molecule has 0 radical (unpaired) electrons. The topological polar surface area (TPSA) is 64.6 Å². The van der Waals surface area contributed by atoms with Crippen LogP contribution in [0.2, 0.25) is 5.02 Å². The van der Waals surface area contributed by atoms with Crippen molar-refractivity contribution in [3.63, 3.8) is 0 Å². The number of benzene rings is 1. The number of halogens is 1. The van der Waals surface area contributed by atoms with E-state index in [4.69, 9.17) is 21.1 Å². The summed E-state index contributed by atoms with van der Waals surface area (Å²) in [5, 5.41) is 3.69. The van der Waals surface area contributed by atoms with Gasteiger partial charge in [-0.05, 0) is 38.3 Å². The van der Waals surface area contributed by atoms with Gasteiger partial charge in [-0.15, -0.1) is 0 Å². The Bertz CT molecular complexity index is 827. The first kappa shape index (κ1) is 27.0. The molecule has 0 unspecified atom stereocenters. The summed E-state index contributed by atoms with van der Waals surface area (Å²) in [6.07, 6.45) is 8.12. The summed E-state index contributed by atoms with van der Waals surface area (Å²) in [4.78, 5) is 26.4. The second kappa shape index (κ2) is 14.1. The lowest BCUT2D eigenvalue weighted by atomic mass is 9.80. The maximum absolute atomic E-state index is 13.2. The summed E-state index contributed by atoms with van der Waals surface area (Å²) in [5.74, 6) is -1.50. The van der Waals surface area contributed by atoms with E-state index in [1.54, 1.807) is 6.07 Å². The number of nitrogens with one attached hydrogen (secondary N) is 1. The van der Waals surface area contributed by atoms with Crippen LogP contribution < -0.4 is 5.32 Å². The third-order valence-corrected chi connectivity index (χ3v) is 6.22. The Kier molecular flexibility index (Phi) is 11.5. The van der Waals surface area contributed by atoms with E-state index in [2.05, 4.69) is 19.2 Å². The highest BCUT2D eigenvalue weighted by molar-refractivity contribution is 6.31. The molecule has 0 aromatic heterocycles. The van der Waals surface area contributed by atoms with Crippen molar-refractivity contribution >= 4 is 23.5 Å². The molecule has 0 aliphatic carbocycles. The lowest BCUT2D eigenvalue weighted by Gasteiger charge is -2.31. The molecule has 1 aliphatic heterocycles. The lowest BCUT2D eigenvalue weighted by Crippen LogP contribution is -2.32. The molecule has 0 bridgehead atoms. The van der Waals surface area contributed by atoms with Crippen molar-refractivity contribution in [2.45, 2.75) is 85.0 Å². The number of rotatable bonds is 13. The fourth-order valence-corrected chi connectivity index (χ4v) is 4.34. The van der Waals surface area contributed by atoms with Crippen LogP contribution in [0.4, 0.5) is 0 Å². The normalized spacial score (nSPS) is 14.3. The van der Waals surface area contributed by atoms with Crippen molar-refractivity contribution in [1.29, 1.82) is 0 Å². The molecule has 0 amide bonds. The van der Waals surface area contributed by atoms with Crippen molar-refractivity contribution in [2.75, 3.05) is 13.2 Å². The molecule has 0 atom stereocenters. The summed E-state index contributed by atoms with van der Waals surface area (Å²) < 4.78 is 11.2. The molecule has 1 aliphatic rings. The maximum Gasteiger partial charge on any atom is 0.336 e. The van der Waals surface area contributed by atoms with Gasteiger partial charge < -0.3 is 14.8 Å². The van der Waals surface area contributed by atoms with Crippen LogP contribution in [0.25, 0.3) is 0 Å². The number of carbonyl (C=O) groups is 2. The van der Waals surface area contributed by atoms with E-state index in [1.807, 2.05) is 32.0 Å². The second-order valence-electron chi connectivity index (χ2n) is 8.55. The van der Waals surface area contributed by atoms with Gasteiger partial charge in [-0.25, -0.2) is 9.59 Å². The highest BCUT2D eigenvalue weighted by atomic mass is 35.5. The first-order chi connectivity index (χ1) is 15.9. The largest absolute Gasteiger partial charge is 0.462 e. The van der Waals surface area contributed by atoms with Crippen LogP contribution in [0.15, 0.2) is 46.8 Å². The van der Waals surface area contributed by atoms with Gasteiger partial charge >= 0.3 is 11.9 Å². The Balaban J connectivity index is 2.31. The molecule has 0 fully saturated rings.